The molecule has 0 radical (unpaired) electrons. The maximum Gasteiger partial charge on any atom is 0.294 e. The Morgan fingerprint density at radius 2 is 1.94 bits per heavy atom. The number of rotatable bonds is 5. The monoisotopic (exact) mass is 474 g/mol. The number of nitrogens with zero attached hydrogens (tertiary/aromatic N) is 5. The van der Waals surface area contributed by atoms with Crippen molar-refractivity contribution < 1.29 is 9.15 Å². The van der Waals surface area contributed by atoms with Crippen LogP contribution in [0.3, 0.4) is 0 Å². The predicted molar refractivity (Wildman–Crippen MR) is 131 cm³/mol. The number of aromatic amines is 1. The standard InChI is InChI=1S/C24H22N6O3S/c1-15-5-4-6-16(13-15)30-23(29-9-11-32-12-10-29)27-28-24(30)34-14-19-25-20-17-7-2-3-8-18(17)33-21(20)22(31)26-19/h2-8,13H,9-12,14H2,1H3,(H,25,26,31). The zero-order chi connectivity index (χ0) is 23.1. The molecule has 1 aliphatic rings. The normalized spacial score (nSPS) is 14.3. The molecule has 1 aliphatic heterocycles. The van der Waals surface area contributed by atoms with Gasteiger partial charge in [0.25, 0.3) is 5.56 Å². The van der Waals surface area contributed by atoms with Gasteiger partial charge in [-0.3, -0.25) is 9.36 Å². The van der Waals surface area contributed by atoms with Crippen LogP contribution >= 0.6 is 11.8 Å². The summed E-state index contributed by atoms with van der Waals surface area (Å²) in [6.07, 6.45) is 0. The highest BCUT2D eigenvalue weighted by molar-refractivity contribution is 7.98. The minimum atomic E-state index is -0.286. The SMILES string of the molecule is Cc1cccc(-n2c(SCc3nc4c(oc5ccccc54)c(=O)[nH]3)nnc2N2CCOCC2)c1. The zero-order valence-corrected chi connectivity index (χ0v) is 19.3. The van der Waals surface area contributed by atoms with Gasteiger partial charge in [0.2, 0.25) is 11.5 Å². The lowest BCUT2D eigenvalue weighted by Crippen LogP contribution is -2.37. The van der Waals surface area contributed by atoms with Gasteiger partial charge < -0.3 is 19.0 Å². The molecule has 0 spiro atoms. The molecule has 3 aromatic heterocycles. The van der Waals surface area contributed by atoms with E-state index >= 15 is 0 Å². The first kappa shape index (κ1) is 20.9. The van der Waals surface area contributed by atoms with Crippen molar-refractivity contribution in [3.8, 4) is 5.69 Å². The van der Waals surface area contributed by atoms with Gasteiger partial charge in [-0.15, -0.1) is 10.2 Å². The second-order valence-corrected chi connectivity index (χ2v) is 9.08. The van der Waals surface area contributed by atoms with Crippen LogP contribution in [0.25, 0.3) is 27.8 Å². The summed E-state index contributed by atoms with van der Waals surface area (Å²) in [7, 11) is 0. The molecule has 4 heterocycles. The highest BCUT2D eigenvalue weighted by Gasteiger charge is 2.22. The fourth-order valence-electron chi connectivity index (χ4n) is 4.17. The summed E-state index contributed by atoms with van der Waals surface area (Å²) < 4.78 is 13.3. The Hall–Kier alpha value is -3.63. The number of benzene rings is 2. The van der Waals surface area contributed by atoms with Crippen molar-refractivity contribution in [2.75, 3.05) is 31.2 Å². The Kier molecular flexibility index (Phi) is 5.31. The van der Waals surface area contributed by atoms with Crippen LogP contribution in [0.15, 0.2) is 62.9 Å². The Balaban J connectivity index is 1.37. The lowest BCUT2D eigenvalue weighted by Gasteiger charge is -2.28. The second-order valence-electron chi connectivity index (χ2n) is 8.13. The third kappa shape index (κ3) is 3.74. The van der Waals surface area contributed by atoms with Crippen LogP contribution in [0, 0.1) is 6.92 Å². The third-order valence-electron chi connectivity index (χ3n) is 5.79. The van der Waals surface area contributed by atoms with Gasteiger partial charge in [0.15, 0.2) is 5.16 Å². The summed E-state index contributed by atoms with van der Waals surface area (Å²) in [5.41, 5.74) is 3.32. The molecule has 10 heteroatoms. The van der Waals surface area contributed by atoms with E-state index in [4.69, 9.17) is 14.1 Å². The predicted octanol–water partition coefficient (Wildman–Crippen LogP) is 3.69. The number of nitrogens with one attached hydrogen (secondary N) is 1. The maximum absolute atomic E-state index is 12.7. The minimum Gasteiger partial charge on any atom is -0.449 e. The number of ether oxygens (including phenoxy) is 1. The largest absolute Gasteiger partial charge is 0.449 e. The van der Waals surface area contributed by atoms with Crippen molar-refractivity contribution >= 4 is 39.8 Å². The fourth-order valence-corrected chi connectivity index (χ4v) is 4.98. The third-order valence-corrected chi connectivity index (χ3v) is 6.73. The molecule has 9 nitrogen and oxygen atoms in total. The van der Waals surface area contributed by atoms with Crippen LogP contribution in [0.2, 0.25) is 0 Å². The summed E-state index contributed by atoms with van der Waals surface area (Å²) in [5.74, 6) is 1.77. The zero-order valence-electron chi connectivity index (χ0n) is 18.5. The van der Waals surface area contributed by atoms with E-state index in [9.17, 15) is 4.79 Å². The van der Waals surface area contributed by atoms with E-state index in [1.807, 2.05) is 36.4 Å². The van der Waals surface area contributed by atoms with Crippen LogP contribution in [-0.2, 0) is 10.5 Å². The molecule has 0 bridgehead atoms. The molecule has 2 aromatic carbocycles. The molecule has 1 N–H and O–H groups in total. The number of morpholine rings is 1. The Morgan fingerprint density at radius 1 is 1.09 bits per heavy atom. The molecule has 0 unspecified atom stereocenters. The van der Waals surface area contributed by atoms with Crippen molar-refractivity contribution in [1.29, 1.82) is 0 Å². The molecule has 0 aliphatic carbocycles. The molecule has 172 valence electrons. The van der Waals surface area contributed by atoms with Gasteiger partial charge in [0, 0.05) is 18.5 Å². The molecular weight excluding hydrogens is 452 g/mol. The number of anilines is 1. The molecule has 34 heavy (non-hydrogen) atoms. The first-order valence-electron chi connectivity index (χ1n) is 11.1. The Morgan fingerprint density at radius 3 is 2.79 bits per heavy atom. The average Bonchev–Trinajstić information content (AvgIpc) is 3.45. The van der Waals surface area contributed by atoms with E-state index in [0.717, 1.165) is 40.8 Å². The first-order chi connectivity index (χ1) is 16.7. The van der Waals surface area contributed by atoms with Crippen molar-refractivity contribution in [2.24, 2.45) is 0 Å². The molecular formula is C24H22N6O3S. The summed E-state index contributed by atoms with van der Waals surface area (Å²) in [6, 6.07) is 15.8. The molecule has 1 saturated heterocycles. The number of thioether (sulfide) groups is 1. The van der Waals surface area contributed by atoms with Gasteiger partial charge >= 0.3 is 0 Å². The van der Waals surface area contributed by atoms with Gasteiger partial charge in [-0.25, -0.2) is 4.98 Å². The second kappa shape index (κ2) is 8.62. The first-order valence-corrected chi connectivity index (χ1v) is 12.0. The maximum atomic E-state index is 12.7. The lowest BCUT2D eigenvalue weighted by atomic mass is 10.2. The number of fused-ring (bicyclic) bond motifs is 3. The van der Waals surface area contributed by atoms with E-state index < -0.39 is 0 Å². The lowest BCUT2D eigenvalue weighted by molar-refractivity contribution is 0.122. The van der Waals surface area contributed by atoms with Crippen molar-refractivity contribution in [3.63, 3.8) is 0 Å². The molecule has 0 amide bonds. The quantitative estimate of drug-likeness (QED) is 0.385. The van der Waals surface area contributed by atoms with Crippen LogP contribution in [0.1, 0.15) is 11.4 Å². The van der Waals surface area contributed by atoms with Gasteiger partial charge in [-0.2, -0.15) is 0 Å². The van der Waals surface area contributed by atoms with Gasteiger partial charge in [0.1, 0.15) is 16.9 Å². The van der Waals surface area contributed by atoms with Crippen molar-refractivity contribution in [3.05, 3.63) is 70.3 Å². The number of H-pyrrole nitrogens is 1. The van der Waals surface area contributed by atoms with Crippen molar-refractivity contribution in [1.82, 2.24) is 24.7 Å². The summed E-state index contributed by atoms with van der Waals surface area (Å²) in [4.78, 5) is 22.4. The van der Waals surface area contributed by atoms with Crippen molar-refractivity contribution in [2.45, 2.75) is 17.8 Å². The molecule has 1 fully saturated rings. The highest BCUT2D eigenvalue weighted by atomic mass is 32.2. The summed E-state index contributed by atoms with van der Waals surface area (Å²) in [5, 5.41) is 10.6. The van der Waals surface area contributed by atoms with E-state index in [2.05, 4.69) is 43.7 Å². The smallest absolute Gasteiger partial charge is 0.294 e. The Labute approximate surface area is 198 Å². The van der Waals surface area contributed by atoms with E-state index in [0.29, 0.717) is 35.9 Å². The average molecular weight is 475 g/mol. The number of aryl methyl sites for hydroxylation is 1. The molecule has 0 saturated carbocycles. The summed E-state index contributed by atoms with van der Waals surface area (Å²) in [6.45, 7) is 4.90. The van der Waals surface area contributed by atoms with Crippen LogP contribution < -0.4 is 10.5 Å². The minimum absolute atomic E-state index is 0.243. The fraction of sp³-hybridized carbons (Fsp3) is 0.250. The van der Waals surface area contributed by atoms with Crippen LogP contribution in [0.5, 0.6) is 0 Å². The number of aromatic nitrogens is 5. The van der Waals surface area contributed by atoms with Gasteiger partial charge in [-0.1, -0.05) is 36.0 Å². The van der Waals surface area contributed by atoms with Crippen LogP contribution in [-0.4, -0.2) is 51.0 Å². The van der Waals surface area contributed by atoms with E-state index in [1.54, 1.807) is 0 Å². The van der Waals surface area contributed by atoms with E-state index in [1.165, 1.54) is 11.8 Å². The van der Waals surface area contributed by atoms with Gasteiger partial charge in [-0.05, 0) is 36.8 Å². The molecule has 5 aromatic rings. The number of hydrogen-bond acceptors (Lipinski definition) is 8. The number of furan rings is 1. The number of para-hydroxylation sites is 1. The molecule has 0 atom stereocenters. The molecule has 6 rings (SSSR count). The Bertz CT molecular complexity index is 1550. The van der Waals surface area contributed by atoms with Crippen LogP contribution in [0.4, 0.5) is 5.95 Å². The summed E-state index contributed by atoms with van der Waals surface area (Å²) >= 11 is 1.48. The topological polar surface area (TPSA) is 102 Å². The number of hydrogen-bond donors (Lipinski definition) is 1. The van der Waals surface area contributed by atoms with E-state index in [-0.39, 0.29) is 11.1 Å². The highest BCUT2D eigenvalue weighted by Crippen LogP contribution is 2.30. The van der Waals surface area contributed by atoms with Gasteiger partial charge in [0.05, 0.1) is 24.7 Å².